The molecule has 17 heavy (non-hydrogen) atoms. The molecule has 1 unspecified atom stereocenters. The summed E-state index contributed by atoms with van der Waals surface area (Å²) < 4.78 is 0. The molecule has 1 aromatic carbocycles. The Morgan fingerprint density at radius 2 is 2.06 bits per heavy atom. The molecule has 1 aromatic heterocycles. The van der Waals surface area contributed by atoms with E-state index in [-0.39, 0.29) is 0 Å². The number of benzene rings is 1. The molecule has 2 nitrogen and oxygen atoms in total. The van der Waals surface area contributed by atoms with E-state index in [4.69, 9.17) is 5.26 Å². The maximum Gasteiger partial charge on any atom is 0.0991 e. The zero-order chi connectivity index (χ0) is 12.3. The molecule has 0 radical (unpaired) electrons. The highest BCUT2D eigenvalue weighted by Crippen LogP contribution is 2.27. The van der Waals surface area contributed by atoms with Gasteiger partial charge in [0.25, 0.3) is 0 Å². The number of hydrogen-bond acceptors (Lipinski definition) is 3. The summed E-state index contributed by atoms with van der Waals surface area (Å²) in [5.74, 6) is 0.520. The lowest BCUT2D eigenvalue weighted by atomic mass is 10.1. The van der Waals surface area contributed by atoms with Crippen molar-refractivity contribution in [2.24, 2.45) is 0 Å². The van der Waals surface area contributed by atoms with Gasteiger partial charge in [-0.1, -0.05) is 26.0 Å². The van der Waals surface area contributed by atoms with Crippen LogP contribution in [0.15, 0.2) is 29.6 Å². The molecule has 0 N–H and O–H groups in total. The summed E-state index contributed by atoms with van der Waals surface area (Å²) >= 11 is 1.71. The van der Waals surface area contributed by atoms with Crippen molar-refractivity contribution in [3.63, 3.8) is 0 Å². The van der Waals surface area contributed by atoms with Crippen molar-refractivity contribution in [1.29, 1.82) is 5.26 Å². The molecule has 0 aliphatic heterocycles. The van der Waals surface area contributed by atoms with E-state index in [1.165, 1.54) is 5.01 Å². The Bertz CT molecular complexity index is 534. The molecule has 1 heterocycles. The molecule has 0 saturated heterocycles. The van der Waals surface area contributed by atoms with Gasteiger partial charge in [-0.2, -0.15) is 5.26 Å². The third-order valence-electron chi connectivity index (χ3n) is 2.87. The van der Waals surface area contributed by atoms with E-state index in [0.29, 0.717) is 11.5 Å². The summed E-state index contributed by atoms with van der Waals surface area (Å²) in [6, 6.07) is 9.69. The highest BCUT2D eigenvalue weighted by atomic mass is 32.1. The summed E-state index contributed by atoms with van der Waals surface area (Å²) in [7, 11) is 0. The van der Waals surface area contributed by atoms with Gasteiger partial charge in [0.15, 0.2) is 0 Å². The quantitative estimate of drug-likeness (QED) is 0.809. The molecule has 2 rings (SSSR count). The van der Waals surface area contributed by atoms with Crippen molar-refractivity contribution >= 4 is 11.3 Å². The van der Waals surface area contributed by atoms with Crippen molar-refractivity contribution in [3.05, 3.63) is 40.2 Å². The second kappa shape index (κ2) is 5.11. The summed E-state index contributed by atoms with van der Waals surface area (Å²) in [6.45, 7) is 4.37. The van der Waals surface area contributed by atoms with Gasteiger partial charge in [-0.15, -0.1) is 11.3 Å². The van der Waals surface area contributed by atoms with Gasteiger partial charge in [0.05, 0.1) is 22.3 Å². The van der Waals surface area contributed by atoms with Crippen LogP contribution in [0.25, 0.3) is 11.3 Å². The molecular formula is C14H14N2S. The topological polar surface area (TPSA) is 36.7 Å². The number of nitrogens with zero attached hydrogens (tertiary/aromatic N) is 2. The molecule has 0 spiro atoms. The largest absolute Gasteiger partial charge is 0.241 e. The van der Waals surface area contributed by atoms with Crippen LogP contribution in [0.5, 0.6) is 0 Å². The first-order valence-corrected chi connectivity index (χ1v) is 6.58. The Labute approximate surface area is 106 Å². The smallest absolute Gasteiger partial charge is 0.0991 e. The van der Waals surface area contributed by atoms with E-state index in [9.17, 15) is 0 Å². The van der Waals surface area contributed by atoms with Gasteiger partial charge in [-0.3, -0.25) is 0 Å². The van der Waals surface area contributed by atoms with Gasteiger partial charge in [-0.25, -0.2) is 4.98 Å². The average Bonchev–Trinajstić information content (AvgIpc) is 2.87. The lowest BCUT2D eigenvalue weighted by Crippen LogP contribution is -1.89. The Morgan fingerprint density at radius 1 is 1.35 bits per heavy atom. The van der Waals surface area contributed by atoms with Crippen LogP contribution in [0, 0.1) is 11.3 Å². The van der Waals surface area contributed by atoms with E-state index in [2.05, 4.69) is 30.3 Å². The van der Waals surface area contributed by atoms with E-state index in [1.54, 1.807) is 11.3 Å². The standard InChI is InChI=1S/C14H14N2S/c1-3-10(2)14-16-13(9-17-14)12-6-4-11(8-15)5-7-12/h4-7,9-10H,3H2,1-2H3. The summed E-state index contributed by atoms with van der Waals surface area (Å²) in [4.78, 5) is 4.64. The van der Waals surface area contributed by atoms with Gasteiger partial charge in [-0.05, 0) is 18.6 Å². The number of rotatable bonds is 3. The lowest BCUT2D eigenvalue weighted by Gasteiger charge is -2.02. The van der Waals surface area contributed by atoms with Gasteiger partial charge in [0.2, 0.25) is 0 Å². The van der Waals surface area contributed by atoms with Crippen LogP contribution in [0.1, 0.15) is 36.8 Å². The van der Waals surface area contributed by atoms with E-state index >= 15 is 0 Å². The summed E-state index contributed by atoms with van der Waals surface area (Å²) in [5.41, 5.74) is 2.77. The van der Waals surface area contributed by atoms with Gasteiger partial charge in [0, 0.05) is 16.9 Å². The van der Waals surface area contributed by atoms with E-state index in [0.717, 1.165) is 17.7 Å². The molecule has 0 aliphatic carbocycles. The Kier molecular flexibility index (Phi) is 3.55. The zero-order valence-electron chi connectivity index (χ0n) is 9.97. The first-order chi connectivity index (χ1) is 8.24. The minimum absolute atomic E-state index is 0.520. The number of nitriles is 1. The second-order valence-corrected chi connectivity index (χ2v) is 4.96. The Balaban J connectivity index is 2.28. The first kappa shape index (κ1) is 11.8. The fourth-order valence-electron chi connectivity index (χ4n) is 1.54. The van der Waals surface area contributed by atoms with E-state index in [1.807, 2.05) is 24.3 Å². The monoisotopic (exact) mass is 242 g/mol. The van der Waals surface area contributed by atoms with Crippen LogP contribution in [-0.2, 0) is 0 Å². The third kappa shape index (κ3) is 2.54. The minimum Gasteiger partial charge on any atom is -0.241 e. The van der Waals surface area contributed by atoms with Crippen LogP contribution in [0.4, 0.5) is 0 Å². The normalized spacial score (nSPS) is 12.1. The summed E-state index contributed by atoms with van der Waals surface area (Å²) in [6.07, 6.45) is 1.11. The molecule has 0 amide bonds. The van der Waals surface area contributed by atoms with Crippen LogP contribution < -0.4 is 0 Å². The van der Waals surface area contributed by atoms with Crippen molar-refractivity contribution in [2.75, 3.05) is 0 Å². The molecule has 0 aliphatic rings. The number of thiazole rings is 1. The van der Waals surface area contributed by atoms with Crippen LogP contribution in [0.3, 0.4) is 0 Å². The predicted molar refractivity (Wildman–Crippen MR) is 71.0 cm³/mol. The van der Waals surface area contributed by atoms with Crippen molar-refractivity contribution in [1.82, 2.24) is 4.98 Å². The lowest BCUT2D eigenvalue weighted by molar-refractivity contribution is 0.727. The maximum absolute atomic E-state index is 8.74. The van der Waals surface area contributed by atoms with Gasteiger partial charge >= 0.3 is 0 Å². The molecule has 3 heteroatoms. The zero-order valence-corrected chi connectivity index (χ0v) is 10.8. The van der Waals surface area contributed by atoms with Gasteiger partial charge < -0.3 is 0 Å². The Morgan fingerprint density at radius 3 is 2.65 bits per heavy atom. The molecular weight excluding hydrogens is 228 g/mol. The fourth-order valence-corrected chi connectivity index (χ4v) is 2.51. The molecule has 2 aromatic rings. The Hall–Kier alpha value is -1.66. The number of hydrogen-bond donors (Lipinski definition) is 0. The maximum atomic E-state index is 8.74. The highest BCUT2D eigenvalue weighted by Gasteiger charge is 2.09. The van der Waals surface area contributed by atoms with Crippen molar-refractivity contribution in [2.45, 2.75) is 26.2 Å². The van der Waals surface area contributed by atoms with E-state index < -0.39 is 0 Å². The molecule has 0 saturated carbocycles. The van der Waals surface area contributed by atoms with Crippen LogP contribution in [-0.4, -0.2) is 4.98 Å². The third-order valence-corrected chi connectivity index (χ3v) is 3.94. The van der Waals surface area contributed by atoms with Crippen LogP contribution in [0.2, 0.25) is 0 Å². The van der Waals surface area contributed by atoms with Crippen molar-refractivity contribution in [3.8, 4) is 17.3 Å². The highest BCUT2D eigenvalue weighted by molar-refractivity contribution is 7.10. The van der Waals surface area contributed by atoms with Gasteiger partial charge in [0.1, 0.15) is 0 Å². The molecule has 1 atom stereocenters. The predicted octanol–water partition coefficient (Wildman–Crippen LogP) is 4.20. The summed E-state index contributed by atoms with van der Waals surface area (Å²) in [5, 5.41) is 12.0. The number of aromatic nitrogens is 1. The SMILES string of the molecule is CCC(C)c1nc(-c2ccc(C#N)cc2)cs1. The average molecular weight is 242 g/mol. The fraction of sp³-hybridized carbons (Fsp3) is 0.286. The molecule has 0 fully saturated rings. The minimum atomic E-state index is 0.520. The second-order valence-electron chi connectivity index (χ2n) is 4.07. The first-order valence-electron chi connectivity index (χ1n) is 5.70. The molecule has 0 bridgehead atoms. The molecule has 86 valence electrons. The van der Waals surface area contributed by atoms with Crippen LogP contribution >= 0.6 is 11.3 Å². The van der Waals surface area contributed by atoms with Crippen molar-refractivity contribution < 1.29 is 0 Å².